The fourth-order valence-electron chi connectivity index (χ4n) is 2.71. The number of carbonyl (C=O) groups excluding carboxylic acids is 1. The van der Waals surface area contributed by atoms with Gasteiger partial charge in [-0.3, -0.25) is 19.9 Å². The molecule has 1 atom stereocenters. The van der Waals surface area contributed by atoms with Crippen molar-refractivity contribution in [2.24, 2.45) is 0 Å². The van der Waals surface area contributed by atoms with Gasteiger partial charge in [-0.15, -0.1) is 0 Å². The molecule has 0 fully saturated rings. The van der Waals surface area contributed by atoms with E-state index in [0.29, 0.717) is 12.2 Å². The molecule has 132 valence electrons. The van der Waals surface area contributed by atoms with Gasteiger partial charge in [0.2, 0.25) is 5.91 Å². The number of pyridine rings is 1. The molecular weight excluding hydrogens is 330 g/mol. The zero-order valence-corrected chi connectivity index (χ0v) is 14.1. The lowest BCUT2D eigenvalue weighted by molar-refractivity contribution is -0.141. The van der Waals surface area contributed by atoms with Gasteiger partial charge in [0, 0.05) is 30.0 Å². The first kappa shape index (κ1) is 17.6. The molecule has 0 spiro atoms. The summed E-state index contributed by atoms with van der Waals surface area (Å²) in [5, 5.41) is 17.0. The number of fused-ring (bicyclic) bond motifs is 1. The van der Waals surface area contributed by atoms with Crippen LogP contribution >= 0.6 is 0 Å². The Hall–Kier alpha value is -3.25. The standard InChI is InChI=1S/C20H19N3O3/c24-19(23-17-9-3-7-15-6-1-2-8-16(15)17)11-18(20(25)26)22-13-14-5-4-10-21-12-14/h1-10,12,18,22H,11,13H2,(H,23,24)(H,25,26). The van der Waals surface area contributed by atoms with Crippen LogP contribution in [0.5, 0.6) is 0 Å². The number of nitrogens with one attached hydrogen (secondary N) is 2. The summed E-state index contributed by atoms with van der Waals surface area (Å²) in [6.07, 6.45) is 3.14. The van der Waals surface area contributed by atoms with Crippen LogP contribution in [0.1, 0.15) is 12.0 Å². The zero-order valence-electron chi connectivity index (χ0n) is 14.1. The quantitative estimate of drug-likeness (QED) is 0.610. The van der Waals surface area contributed by atoms with E-state index in [1.54, 1.807) is 24.5 Å². The summed E-state index contributed by atoms with van der Waals surface area (Å²) in [6, 6.07) is 16.0. The van der Waals surface area contributed by atoms with E-state index in [-0.39, 0.29) is 12.3 Å². The van der Waals surface area contributed by atoms with Crippen LogP contribution in [0.15, 0.2) is 67.0 Å². The Bertz CT molecular complexity index is 907. The van der Waals surface area contributed by atoms with E-state index >= 15 is 0 Å². The number of amides is 1. The molecule has 0 aliphatic rings. The van der Waals surface area contributed by atoms with Gasteiger partial charge in [-0.2, -0.15) is 0 Å². The summed E-state index contributed by atoms with van der Waals surface area (Å²) in [7, 11) is 0. The topological polar surface area (TPSA) is 91.3 Å². The molecule has 1 amide bonds. The van der Waals surface area contributed by atoms with Gasteiger partial charge in [0.05, 0.1) is 6.42 Å². The van der Waals surface area contributed by atoms with E-state index in [9.17, 15) is 14.7 Å². The summed E-state index contributed by atoms with van der Waals surface area (Å²) < 4.78 is 0. The van der Waals surface area contributed by atoms with E-state index in [4.69, 9.17) is 0 Å². The molecule has 1 aromatic heterocycles. The lowest BCUT2D eigenvalue weighted by atomic mass is 10.1. The van der Waals surface area contributed by atoms with Crippen molar-refractivity contribution in [3.63, 3.8) is 0 Å². The van der Waals surface area contributed by atoms with E-state index in [0.717, 1.165) is 16.3 Å². The number of carboxylic acids is 1. The highest BCUT2D eigenvalue weighted by atomic mass is 16.4. The minimum atomic E-state index is -1.07. The highest BCUT2D eigenvalue weighted by molar-refractivity contribution is 6.03. The summed E-state index contributed by atoms with van der Waals surface area (Å²) in [6.45, 7) is 0.326. The first-order valence-electron chi connectivity index (χ1n) is 8.26. The fraction of sp³-hybridized carbons (Fsp3) is 0.150. The van der Waals surface area contributed by atoms with Crippen molar-refractivity contribution in [3.05, 3.63) is 72.6 Å². The van der Waals surface area contributed by atoms with Gasteiger partial charge in [0.1, 0.15) is 6.04 Å². The Morgan fingerprint density at radius 1 is 1.04 bits per heavy atom. The third-order valence-corrected chi connectivity index (χ3v) is 4.03. The Morgan fingerprint density at radius 2 is 1.85 bits per heavy atom. The third-order valence-electron chi connectivity index (χ3n) is 4.03. The van der Waals surface area contributed by atoms with Crippen molar-refractivity contribution in [1.29, 1.82) is 0 Å². The molecule has 6 nitrogen and oxygen atoms in total. The van der Waals surface area contributed by atoms with Gasteiger partial charge in [-0.1, -0.05) is 42.5 Å². The van der Waals surface area contributed by atoms with Crippen LogP contribution in [0, 0.1) is 0 Å². The van der Waals surface area contributed by atoms with Crippen molar-refractivity contribution in [3.8, 4) is 0 Å². The van der Waals surface area contributed by atoms with Crippen LogP contribution in [0.2, 0.25) is 0 Å². The Kier molecular flexibility index (Phi) is 5.56. The maximum absolute atomic E-state index is 12.4. The molecule has 3 N–H and O–H groups in total. The number of rotatable bonds is 7. The second kappa shape index (κ2) is 8.22. The molecule has 0 saturated heterocycles. The smallest absolute Gasteiger partial charge is 0.321 e. The number of hydrogen-bond donors (Lipinski definition) is 3. The lowest BCUT2D eigenvalue weighted by Crippen LogP contribution is -2.39. The predicted octanol–water partition coefficient (Wildman–Crippen LogP) is 2.81. The maximum Gasteiger partial charge on any atom is 0.321 e. The molecule has 0 aliphatic carbocycles. The molecule has 1 heterocycles. The minimum absolute atomic E-state index is 0.168. The largest absolute Gasteiger partial charge is 0.480 e. The summed E-state index contributed by atoms with van der Waals surface area (Å²) in [4.78, 5) is 27.8. The average molecular weight is 349 g/mol. The number of carboxylic acid groups (broad SMARTS) is 1. The SMILES string of the molecule is O=C(CC(NCc1cccnc1)C(=O)O)Nc1cccc2ccccc12. The van der Waals surface area contributed by atoms with Crippen LogP contribution in [-0.4, -0.2) is 28.0 Å². The van der Waals surface area contributed by atoms with Crippen molar-refractivity contribution in [2.45, 2.75) is 19.0 Å². The number of anilines is 1. The van der Waals surface area contributed by atoms with Gasteiger partial charge in [0.25, 0.3) is 0 Å². The molecule has 2 aromatic carbocycles. The number of nitrogens with zero attached hydrogens (tertiary/aromatic N) is 1. The van der Waals surface area contributed by atoms with E-state index < -0.39 is 12.0 Å². The minimum Gasteiger partial charge on any atom is -0.480 e. The van der Waals surface area contributed by atoms with E-state index in [2.05, 4.69) is 15.6 Å². The molecule has 0 aliphatic heterocycles. The molecular formula is C20H19N3O3. The van der Waals surface area contributed by atoms with Gasteiger partial charge in [-0.25, -0.2) is 0 Å². The number of aliphatic carboxylic acids is 1. The Labute approximate surface area is 150 Å². The predicted molar refractivity (Wildman–Crippen MR) is 99.7 cm³/mol. The summed E-state index contributed by atoms with van der Waals surface area (Å²) in [5.41, 5.74) is 1.53. The average Bonchev–Trinajstić information content (AvgIpc) is 2.66. The van der Waals surface area contributed by atoms with Crippen molar-refractivity contribution in [2.75, 3.05) is 5.32 Å². The summed E-state index contributed by atoms with van der Waals surface area (Å²) >= 11 is 0. The zero-order chi connectivity index (χ0) is 18.4. The number of hydrogen-bond acceptors (Lipinski definition) is 4. The molecule has 3 aromatic rings. The fourth-order valence-corrected chi connectivity index (χ4v) is 2.71. The summed E-state index contributed by atoms with van der Waals surface area (Å²) in [5.74, 6) is -1.42. The van der Waals surface area contributed by atoms with Crippen LogP contribution in [0.25, 0.3) is 10.8 Å². The second-order valence-corrected chi connectivity index (χ2v) is 5.91. The first-order valence-corrected chi connectivity index (χ1v) is 8.26. The second-order valence-electron chi connectivity index (χ2n) is 5.91. The highest BCUT2D eigenvalue weighted by Gasteiger charge is 2.21. The molecule has 0 bridgehead atoms. The number of benzene rings is 2. The van der Waals surface area contributed by atoms with Gasteiger partial charge in [0.15, 0.2) is 0 Å². The van der Waals surface area contributed by atoms with Crippen LogP contribution in [-0.2, 0) is 16.1 Å². The molecule has 26 heavy (non-hydrogen) atoms. The third kappa shape index (κ3) is 4.43. The molecule has 3 rings (SSSR count). The van der Waals surface area contributed by atoms with Gasteiger partial charge < -0.3 is 10.4 Å². The number of aromatic nitrogens is 1. The lowest BCUT2D eigenvalue weighted by Gasteiger charge is -2.15. The molecule has 6 heteroatoms. The monoisotopic (exact) mass is 349 g/mol. The van der Waals surface area contributed by atoms with Crippen molar-refractivity contribution >= 4 is 28.3 Å². The molecule has 0 saturated carbocycles. The van der Waals surface area contributed by atoms with E-state index in [1.807, 2.05) is 42.5 Å². The molecule has 0 radical (unpaired) electrons. The molecule has 1 unspecified atom stereocenters. The van der Waals surface area contributed by atoms with Crippen molar-refractivity contribution in [1.82, 2.24) is 10.3 Å². The first-order chi connectivity index (χ1) is 12.6. The van der Waals surface area contributed by atoms with E-state index in [1.165, 1.54) is 0 Å². The van der Waals surface area contributed by atoms with Gasteiger partial charge in [-0.05, 0) is 23.1 Å². The van der Waals surface area contributed by atoms with Crippen molar-refractivity contribution < 1.29 is 14.7 Å². The Balaban J connectivity index is 1.65. The van der Waals surface area contributed by atoms with Crippen LogP contribution in [0.4, 0.5) is 5.69 Å². The highest BCUT2D eigenvalue weighted by Crippen LogP contribution is 2.23. The number of carbonyl (C=O) groups is 2. The normalized spacial score (nSPS) is 11.8. The van der Waals surface area contributed by atoms with Gasteiger partial charge >= 0.3 is 5.97 Å². The van der Waals surface area contributed by atoms with Crippen LogP contribution < -0.4 is 10.6 Å². The Morgan fingerprint density at radius 3 is 2.62 bits per heavy atom. The van der Waals surface area contributed by atoms with Crippen LogP contribution in [0.3, 0.4) is 0 Å². The maximum atomic E-state index is 12.4.